The first-order valence-electron chi connectivity index (χ1n) is 9.11. The van der Waals surface area contributed by atoms with Gasteiger partial charge in [-0.2, -0.15) is 0 Å². The number of para-hydroxylation sites is 2. The van der Waals surface area contributed by atoms with Gasteiger partial charge in [-0.05, 0) is 43.3 Å². The molecule has 0 aliphatic carbocycles. The second kappa shape index (κ2) is 7.92. The number of benzene rings is 2. The van der Waals surface area contributed by atoms with Crippen LogP contribution in [0.4, 0.5) is 11.5 Å². The van der Waals surface area contributed by atoms with Crippen LogP contribution in [0, 0.1) is 0 Å². The van der Waals surface area contributed by atoms with E-state index in [2.05, 4.69) is 20.6 Å². The summed E-state index contributed by atoms with van der Waals surface area (Å²) >= 11 is 0. The standard InChI is InChI=1S/C22H20N4O2/c1-15(14-17-10-7-13-28-17)23-22(27)21-25-19-12-6-5-11-18(19)20(26-21)24-16-8-3-2-4-9-16/h2-13,15H,14H2,1H3,(H,23,27)(H,24,25,26). The van der Waals surface area contributed by atoms with Crippen molar-refractivity contribution in [3.05, 3.63) is 84.6 Å². The molecule has 0 saturated carbocycles. The lowest BCUT2D eigenvalue weighted by molar-refractivity contribution is 0.0929. The molecule has 1 amide bonds. The smallest absolute Gasteiger partial charge is 0.289 e. The highest BCUT2D eigenvalue weighted by molar-refractivity contribution is 5.97. The summed E-state index contributed by atoms with van der Waals surface area (Å²) in [4.78, 5) is 21.7. The van der Waals surface area contributed by atoms with Crippen molar-refractivity contribution in [1.82, 2.24) is 15.3 Å². The summed E-state index contributed by atoms with van der Waals surface area (Å²) in [5, 5.41) is 7.08. The van der Waals surface area contributed by atoms with Crippen LogP contribution in [-0.2, 0) is 6.42 Å². The minimum atomic E-state index is -0.319. The van der Waals surface area contributed by atoms with E-state index >= 15 is 0 Å². The van der Waals surface area contributed by atoms with Crippen LogP contribution in [-0.4, -0.2) is 21.9 Å². The number of carbonyl (C=O) groups is 1. The number of nitrogens with zero attached hydrogens (tertiary/aromatic N) is 2. The second-order valence-electron chi connectivity index (χ2n) is 6.56. The van der Waals surface area contributed by atoms with E-state index in [-0.39, 0.29) is 17.8 Å². The van der Waals surface area contributed by atoms with Gasteiger partial charge in [-0.1, -0.05) is 30.3 Å². The number of amides is 1. The molecule has 1 unspecified atom stereocenters. The Labute approximate surface area is 162 Å². The van der Waals surface area contributed by atoms with Crippen molar-refractivity contribution in [2.24, 2.45) is 0 Å². The van der Waals surface area contributed by atoms with Gasteiger partial charge < -0.3 is 15.1 Å². The minimum absolute atomic E-state index is 0.112. The van der Waals surface area contributed by atoms with E-state index in [1.807, 2.05) is 73.7 Å². The average Bonchev–Trinajstić information content (AvgIpc) is 3.21. The van der Waals surface area contributed by atoms with Crippen molar-refractivity contribution in [3.8, 4) is 0 Å². The molecule has 2 N–H and O–H groups in total. The Morgan fingerprint density at radius 2 is 1.79 bits per heavy atom. The first kappa shape index (κ1) is 17.7. The van der Waals surface area contributed by atoms with Crippen molar-refractivity contribution < 1.29 is 9.21 Å². The van der Waals surface area contributed by atoms with E-state index in [0.717, 1.165) is 16.8 Å². The Bertz CT molecular complexity index is 1080. The molecule has 0 bridgehead atoms. The number of hydrogen-bond donors (Lipinski definition) is 2. The van der Waals surface area contributed by atoms with Gasteiger partial charge in [-0.3, -0.25) is 4.79 Å². The van der Waals surface area contributed by atoms with E-state index in [4.69, 9.17) is 4.42 Å². The van der Waals surface area contributed by atoms with Crippen molar-refractivity contribution in [3.63, 3.8) is 0 Å². The summed E-state index contributed by atoms with van der Waals surface area (Å²) in [7, 11) is 0. The lowest BCUT2D eigenvalue weighted by atomic mass is 10.2. The zero-order valence-electron chi connectivity index (χ0n) is 15.4. The van der Waals surface area contributed by atoms with E-state index in [9.17, 15) is 4.79 Å². The maximum atomic E-state index is 12.7. The number of anilines is 2. The Kier molecular flexibility index (Phi) is 5.01. The molecule has 0 fully saturated rings. The third-order valence-corrected chi connectivity index (χ3v) is 4.31. The SMILES string of the molecule is CC(Cc1ccco1)NC(=O)c1nc(Nc2ccccc2)c2ccccc2n1. The van der Waals surface area contributed by atoms with Crippen molar-refractivity contribution >= 4 is 28.3 Å². The highest BCUT2D eigenvalue weighted by atomic mass is 16.3. The van der Waals surface area contributed by atoms with E-state index in [1.165, 1.54) is 0 Å². The number of fused-ring (bicyclic) bond motifs is 1. The molecule has 6 heteroatoms. The lowest BCUT2D eigenvalue weighted by Gasteiger charge is -2.14. The van der Waals surface area contributed by atoms with E-state index in [0.29, 0.717) is 17.8 Å². The Morgan fingerprint density at radius 3 is 2.57 bits per heavy atom. The maximum Gasteiger partial charge on any atom is 0.289 e. The van der Waals surface area contributed by atoms with Crippen LogP contribution in [0.3, 0.4) is 0 Å². The normalized spacial score (nSPS) is 11.9. The van der Waals surface area contributed by atoms with Gasteiger partial charge in [0, 0.05) is 23.5 Å². The van der Waals surface area contributed by atoms with Crippen molar-refractivity contribution in [2.75, 3.05) is 5.32 Å². The molecule has 140 valence electrons. The topological polar surface area (TPSA) is 80.0 Å². The van der Waals surface area contributed by atoms with Crippen LogP contribution >= 0.6 is 0 Å². The van der Waals surface area contributed by atoms with Gasteiger partial charge in [0.15, 0.2) is 0 Å². The van der Waals surface area contributed by atoms with Crippen LogP contribution in [0.1, 0.15) is 23.3 Å². The Morgan fingerprint density at radius 1 is 1.00 bits per heavy atom. The molecule has 0 spiro atoms. The molecule has 4 rings (SSSR count). The molecule has 2 aromatic carbocycles. The largest absolute Gasteiger partial charge is 0.469 e. The van der Waals surface area contributed by atoms with Crippen molar-refractivity contribution in [1.29, 1.82) is 0 Å². The highest BCUT2D eigenvalue weighted by Crippen LogP contribution is 2.23. The number of hydrogen-bond acceptors (Lipinski definition) is 5. The van der Waals surface area contributed by atoms with E-state index < -0.39 is 0 Å². The van der Waals surface area contributed by atoms with Crippen LogP contribution in [0.25, 0.3) is 10.9 Å². The number of carbonyl (C=O) groups excluding carboxylic acids is 1. The Hall–Kier alpha value is -3.67. The molecule has 4 aromatic rings. The molecule has 2 aromatic heterocycles. The molecular weight excluding hydrogens is 352 g/mol. The fraction of sp³-hybridized carbons (Fsp3) is 0.136. The predicted octanol–water partition coefficient (Wildman–Crippen LogP) is 4.33. The van der Waals surface area contributed by atoms with Gasteiger partial charge in [0.25, 0.3) is 5.91 Å². The summed E-state index contributed by atoms with van der Waals surface area (Å²) < 4.78 is 5.34. The summed E-state index contributed by atoms with van der Waals surface area (Å²) in [5.74, 6) is 1.23. The molecule has 6 nitrogen and oxygen atoms in total. The fourth-order valence-electron chi connectivity index (χ4n) is 3.00. The first-order valence-corrected chi connectivity index (χ1v) is 9.11. The summed E-state index contributed by atoms with van der Waals surface area (Å²) in [6.45, 7) is 1.92. The van der Waals surface area contributed by atoms with Gasteiger partial charge in [0.1, 0.15) is 11.6 Å². The van der Waals surface area contributed by atoms with Crippen LogP contribution in [0.5, 0.6) is 0 Å². The molecule has 28 heavy (non-hydrogen) atoms. The van der Waals surface area contributed by atoms with Crippen LogP contribution < -0.4 is 10.6 Å². The molecule has 0 saturated heterocycles. The molecule has 2 heterocycles. The zero-order valence-corrected chi connectivity index (χ0v) is 15.4. The first-order chi connectivity index (χ1) is 13.7. The monoisotopic (exact) mass is 372 g/mol. The average molecular weight is 372 g/mol. The van der Waals surface area contributed by atoms with Gasteiger partial charge in [0.05, 0.1) is 11.8 Å². The molecule has 0 radical (unpaired) electrons. The molecule has 0 aliphatic rings. The molecule has 1 atom stereocenters. The second-order valence-corrected chi connectivity index (χ2v) is 6.56. The van der Waals surface area contributed by atoms with Gasteiger partial charge in [0.2, 0.25) is 5.82 Å². The third-order valence-electron chi connectivity index (χ3n) is 4.31. The quantitative estimate of drug-likeness (QED) is 0.527. The molecular formula is C22H20N4O2. The Balaban J connectivity index is 1.60. The van der Waals surface area contributed by atoms with E-state index in [1.54, 1.807) is 6.26 Å². The van der Waals surface area contributed by atoms with Gasteiger partial charge in [-0.25, -0.2) is 9.97 Å². The van der Waals surface area contributed by atoms with Crippen molar-refractivity contribution in [2.45, 2.75) is 19.4 Å². The van der Waals surface area contributed by atoms with Gasteiger partial charge in [-0.15, -0.1) is 0 Å². The zero-order chi connectivity index (χ0) is 19.3. The molecule has 0 aliphatic heterocycles. The summed E-state index contributed by atoms with van der Waals surface area (Å²) in [6.07, 6.45) is 2.22. The predicted molar refractivity (Wildman–Crippen MR) is 109 cm³/mol. The lowest BCUT2D eigenvalue weighted by Crippen LogP contribution is -2.35. The van der Waals surface area contributed by atoms with Crippen LogP contribution in [0.2, 0.25) is 0 Å². The number of furan rings is 1. The van der Waals surface area contributed by atoms with Crippen LogP contribution in [0.15, 0.2) is 77.4 Å². The third kappa shape index (κ3) is 4.01. The van der Waals surface area contributed by atoms with Gasteiger partial charge >= 0.3 is 0 Å². The number of rotatable bonds is 6. The minimum Gasteiger partial charge on any atom is -0.469 e. The summed E-state index contributed by atoms with van der Waals surface area (Å²) in [5.41, 5.74) is 1.60. The highest BCUT2D eigenvalue weighted by Gasteiger charge is 2.17. The maximum absolute atomic E-state index is 12.7. The number of nitrogens with one attached hydrogen (secondary N) is 2. The summed E-state index contributed by atoms with van der Waals surface area (Å²) in [6, 6.07) is 20.9. The number of aromatic nitrogens is 2. The fourth-order valence-corrected chi connectivity index (χ4v) is 3.00.